The molecule has 1 aromatic heterocycles. The predicted molar refractivity (Wildman–Crippen MR) is 97.6 cm³/mol. The first-order chi connectivity index (χ1) is 10.9. The second-order valence-corrected chi connectivity index (χ2v) is 7.72. The first-order valence-electron chi connectivity index (χ1n) is 8.30. The number of hydrogen-bond acceptors (Lipinski definition) is 4. The van der Waals surface area contributed by atoms with E-state index < -0.39 is 0 Å². The van der Waals surface area contributed by atoms with E-state index >= 15 is 0 Å². The fraction of sp³-hybridized carbons (Fsp3) is 0.556. The minimum absolute atomic E-state index is 0.0935. The van der Waals surface area contributed by atoms with E-state index in [0.29, 0.717) is 18.9 Å². The summed E-state index contributed by atoms with van der Waals surface area (Å²) in [6, 6.07) is 8.20. The van der Waals surface area contributed by atoms with Gasteiger partial charge in [0.25, 0.3) is 0 Å². The van der Waals surface area contributed by atoms with Gasteiger partial charge in [0.15, 0.2) is 0 Å². The van der Waals surface area contributed by atoms with Gasteiger partial charge in [-0.15, -0.1) is 11.3 Å². The summed E-state index contributed by atoms with van der Waals surface area (Å²) in [5.41, 5.74) is 6.56. The van der Waals surface area contributed by atoms with Gasteiger partial charge >= 0.3 is 0 Å². The van der Waals surface area contributed by atoms with Gasteiger partial charge in [-0.1, -0.05) is 26.0 Å². The number of carbonyl (C=O) groups is 1. The average molecular weight is 334 g/mol. The summed E-state index contributed by atoms with van der Waals surface area (Å²) in [5, 5.41) is 4.24. The molecule has 1 unspecified atom stereocenters. The lowest BCUT2D eigenvalue weighted by Crippen LogP contribution is -2.54. The highest BCUT2D eigenvalue weighted by atomic mass is 32.1. The molecule has 0 fully saturated rings. The van der Waals surface area contributed by atoms with E-state index in [1.807, 2.05) is 25.1 Å². The van der Waals surface area contributed by atoms with Crippen molar-refractivity contribution in [2.24, 2.45) is 11.7 Å². The number of carbonyl (C=O) groups excluding carboxylic acids is 1. The van der Waals surface area contributed by atoms with Crippen LogP contribution in [0.3, 0.4) is 0 Å². The Labute approximate surface area is 142 Å². The Morgan fingerprint density at radius 1 is 1.35 bits per heavy atom. The quantitative estimate of drug-likeness (QED) is 0.727. The number of benzene rings is 1. The lowest BCUT2D eigenvalue weighted by Gasteiger charge is -2.33. The Hall–Kier alpha value is -1.46. The van der Waals surface area contributed by atoms with E-state index in [2.05, 4.69) is 30.2 Å². The number of para-hydroxylation sites is 1. The Kier molecular flexibility index (Phi) is 6.13. The molecule has 0 bridgehead atoms. The third-order valence-electron chi connectivity index (χ3n) is 4.51. The Morgan fingerprint density at radius 3 is 2.74 bits per heavy atom. The normalized spacial score (nSPS) is 14.1. The molecule has 1 aromatic carbocycles. The highest BCUT2D eigenvalue weighted by Crippen LogP contribution is 2.23. The predicted octanol–water partition coefficient (Wildman–Crippen LogP) is 3.50. The van der Waals surface area contributed by atoms with Crippen LogP contribution in [0.25, 0.3) is 10.2 Å². The summed E-state index contributed by atoms with van der Waals surface area (Å²) in [4.78, 5) is 16.7. The number of nitrogens with one attached hydrogen (secondary N) is 1. The number of nitrogens with zero attached hydrogens (tertiary/aromatic N) is 1. The fourth-order valence-electron chi connectivity index (χ4n) is 2.40. The second kappa shape index (κ2) is 7.88. The Bertz CT molecular complexity index is 620. The molecule has 0 aliphatic heterocycles. The van der Waals surface area contributed by atoms with Crippen LogP contribution in [0.2, 0.25) is 0 Å². The van der Waals surface area contributed by atoms with Crippen molar-refractivity contribution in [1.82, 2.24) is 10.3 Å². The number of thiazole rings is 1. The van der Waals surface area contributed by atoms with Crippen molar-refractivity contribution < 1.29 is 4.79 Å². The highest BCUT2D eigenvalue weighted by molar-refractivity contribution is 7.18. The van der Waals surface area contributed by atoms with E-state index in [4.69, 9.17) is 5.73 Å². The van der Waals surface area contributed by atoms with Crippen LogP contribution in [-0.4, -0.2) is 23.0 Å². The van der Waals surface area contributed by atoms with Crippen LogP contribution in [0.4, 0.5) is 0 Å². The van der Waals surface area contributed by atoms with E-state index in [9.17, 15) is 4.79 Å². The van der Waals surface area contributed by atoms with Gasteiger partial charge in [-0.2, -0.15) is 0 Å². The molecule has 126 valence electrons. The van der Waals surface area contributed by atoms with E-state index in [1.54, 1.807) is 11.3 Å². The molecule has 2 aromatic rings. The number of fused-ring (bicyclic) bond motifs is 1. The first kappa shape index (κ1) is 17.9. The lowest BCUT2D eigenvalue weighted by atomic mass is 9.88. The Balaban J connectivity index is 1.75. The molecule has 1 atom stereocenters. The molecular weight excluding hydrogens is 306 g/mol. The summed E-state index contributed by atoms with van der Waals surface area (Å²) in [7, 11) is 0. The third kappa shape index (κ3) is 4.75. The first-order valence-corrected chi connectivity index (χ1v) is 9.12. The van der Waals surface area contributed by atoms with Crippen molar-refractivity contribution in [2.45, 2.75) is 52.0 Å². The van der Waals surface area contributed by atoms with Gasteiger partial charge in [-0.3, -0.25) is 4.79 Å². The number of rotatable bonds is 8. The summed E-state index contributed by atoms with van der Waals surface area (Å²) < 4.78 is 1.23. The zero-order chi connectivity index (χ0) is 16.9. The molecule has 1 heterocycles. The van der Waals surface area contributed by atoms with Gasteiger partial charge in [0.05, 0.1) is 20.8 Å². The summed E-state index contributed by atoms with van der Waals surface area (Å²) in [6.07, 6.45) is 3.34. The second-order valence-electron chi connectivity index (χ2n) is 6.61. The van der Waals surface area contributed by atoms with Gasteiger partial charge in [-0.25, -0.2) is 4.98 Å². The maximum atomic E-state index is 12.1. The van der Waals surface area contributed by atoms with E-state index in [1.165, 1.54) is 4.70 Å². The van der Waals surface area contributed by atoms with Crippen molar-refractivity contribution in [3.63, 3.8) is 0 Å². The molecule has 4 nitrogen and oxygen atoms in total. The van der Waals surface area contributed by atoms with Crippen molar-refractivity contribution in [2.75, 3.05) is 6.54 Å². The topological polar surface area (TPSA) is 68.0 Å². The van der Waals surface area contributed by atoms with Crippen LogP contribution in [0.1, 0.15) is 45.0 Å². The summed E-state index contributed by atoms with van der Waals surface area (Å²) in [6.45, 7) is 6.64. The van der Waals surface area contributed by atoms with Crippen molar-refractivity contribution in [1.29, 1.82) is 0 Å². The van der Waals surface area contributed by atoms with Gasteiger partial charge in [-0.05, 0) is 44.2 Å². The minimum Gasteiger partial charge on any atom is -0.349 e. The highest BCUT2D eigenvalue weighted by Gasteiger charge is 2.28. The van der Waals surface area contributed by atoms with Gasteiger partial charge in [0, 0.05) is 13.0 Å². The molecule has 0 spiro atoms. The molecule has 0 radical (unpaired) electrons. The molecular formula is C18H27N3OS. The van der Waals surface area contributed by atoms with Crippen LogP contribution in [0, 0.1) is 5.92 Å². The number of aryl methyl sites for hydroxylation is 1. The fourth-order valence-corrected chi connectivity index (χ4v) is 3.41. The Morgan fingerprint density at radius 2 is 2.09 bits per heavy atom. The van der Waals surface area contributed by atoms with Crippen LogP contribution in [0.15, 0.2) is 24.3 Å². The standard InChI is InChI=1S/C18H27N3OS/c1-13(2)18(3,12-19)21-16(22)10-6-7-11-17-20-14-8-4-5-9-15(14)23-17/h4-5,8-9,13H,6-7,10-12,19H2,1-3H3,(H,21,22). The third-order valence-corrected chi connectivity index (χ3v) is 5.60. The maximum absolute atomic E-state index is 12.1. The molecule has 0 aliphatic rings. The van der Waals surface area contributed by atoms with Gasteiger partial charge < -0.3 is 11.1 Å². The zero-order valence-corrected chi connectivity index (χ0v) is 15.1. The average Bonchev–Trinajstić information content (AvgIpc) is 2.94. The van der Waals surface area contributed by atoms with Crippen LogP contribution < -0.4 is 11.1 Å². The largest absolute Gasteiger partial charge is 0.349 e. The van der Waals surface area contributed by atoms with Crippen LogP contribution in [0.5, 0.6) is 0 Å². The zero-order valence-electron chi connectivity index (χ0n) is 14.3. The molecule has 0 saturated carbocycles. The number of nitrogens with two attached hydrogens (primary N) is 1. The van der Waals surface area contributed by atoms with Gasteiger partial charge in [0.2, 0.25) is 5.91 Å². The summed E-state index contributed by atoms with van der Waals surface area (Å²) >= 11 is 1.75. The maximum Gasteiger partial charge on any atom is 0.220 e. The van der Waals surface area contributed by atoms with Crippen LogP contribution >= 0.6 is 11.3 Å². The number of amides is 1. The van der Waals surface area contributed by atoms with Crippen LogP contribution in [-0.2, 0) is 11.2 Å². The van der Waals surface area contributed by atoms with Crippen molar-refractivity contribution in [3.8, 4) is 0 Å². The molecule has 5 heteroatoms. The molecule has 0 aliphatic carbocycles. The van der Waals surface area contributed by atoms with Crippen molar-refractivity contribution in [3.05, 3.63) is 29.3 Å². The SMILES string of the molecule is CC(C)C(C)(CN)NC(=O)CCCCc1nc2ccccc2s1. The minimum atomic E-state index is -0.315. The monoisotopic (exact) mass is 333 g/mol. The molecule has 2 rings (SSSR count). The lowest BCUT2D eigenvalue weighted by molar-refractivity contribution is -0.123. The number of hydrogen-bond donors (Lipinski definition) is 2. The number of unbranched alkanes of at least 4 members (excludes halogenated alkanes) is 1. The molecule has 3 N–H and O–H groups in total. The smallest absolute Gasteiger partial charge is 0.220 e. The molecule has 1 amide bonds. The van der Waals surface area contributed by atoms with Gasteiger partial charge in [0.1, 0.15) is 0 Å². The molecule has 23 heavy (non-hydrogen) atoms. The summed E-state index contributed by atoms with van der Waals surface area (Å²) in [5.74, 6) is 0.412. The molecule has 0 saturated heterocycles. The number of aromatic nitrogens is 1. The van der Waals surface area contributed by atoms with E-state index in [0.717, 1.165) is 29.8 Å². The van der Waals surface area contributed by atoms with E-state index in [-0.39, 0.29) is 11.4 Å². The van der Waals surface area contributed by atoms with Crippen molar-refractivity contribution >= 4 is 27.5 Å².